The summed E-state index contributed by atoms with van der Waals surface area (Å²) >= 11 is 5.73. The van der Waals surface area contributed by atoms with E-state index in [4.69, 9.17) is 16.3 Å². The van der Waals surface area contributed by atoms with Crippen LogP contribution in [0.4, 0.5) is 14.5 Å². The molecule has 1 aliphatic rings. The average Bonchev–Trinajstić information content (AvgIpc) is 2.69. The van der Waals surface area contributed by atoms with Crippen LogP contribution < -0.4 is 5.32 Å². The smallest absolute Gasteiger partial charge is 0.345 e. The summed E-state index contributed by atoms with van der Waals surface area (Å²) in [5, 5.41) is 2.28. The van der Waals surface area contributed by atoms with Crippen LogP contribution in [-0.2, 0) is 19.7 Å². The predicted octanol–water partition coefficient (Wildman–Crippen LogP) is 3.14. The number of carbonyl (C=O) groups excluding carboxylic acids is 1. The predicted molar refractivity (Wildman–Crippen MR) is 109 cm³/mol. The van der Waals surface area contributed by atoms with Crippen LogP contribution in [0.15, 0.2) is 58.6 Å². The van der Waals surface area contributed by atoms with Gasteiger partial charge in [0.25, 0.3) is 5.91 Å². The highest BCUT2D eigenvalue weighted by molar-refractivity contribution is 7.88. The summed E-state index contributed by atoms with van der Waals surface area (Å²) in [7, 11) is -2.89. The summed E-state index contributed by atoms with van der Waals surface area (Å²) < 4.78 is 61.5. The van der Waals surface area contributed by atoms with Crippen molar-refractivity contribution in [2.24, 2.45) is 4.40 Å². The second-order valence-corrected chi connectivity index (χ2v) is 8.06. The molecule has 0 aliphatic carbocycles. The number of carbonyl (C=O) groups is 1. The van der Waals surface area contributed by atoms with Crippen LogP contribution in [0.1, 0.15) is 5.56 Å². The van der Waals surface area contributed by atoms with Crippen molar-refractivity contribution in [3.63, 3.8) is 0 Å². The van der Waals surface area contributed by atoms with E-state index in [1.165, 1.54) is 37.5 Å². The van der Waals surface area contributed by atoms with Gasteiger partial charge in [-0.05, 0) is 48.5 Å². The van der Waals surface area contributed by atoms with Crippen LogP contribution in [0, 0.1) is 11.6 Å². The maximum absolute atomic E-state index is 13.4. The number of anilines is 1. The van der Waals surface area contributed by atoms with Crippen molar-refractivity contribution in [2.45, 2.75) is 0 Å². The van der Waals surface area contributed by atoms with E-state index in [1.807, 2.05) is 0 Å². The Morgan fingerprint density at radius 2 is 1.90 bits per heavy atom. The third-order valence-corrected chi connectivity index (χ3v) is 5.74. The number of nitrogens with one attached hydrogen (secondary N) is 1. The first kappa shape index (κ1) is 21.9. The summed E-state index contributed by atoms with van der Waals surface area (Å²) in [6.45, 7) is -0.157. The first-order valence-corrected chi connectivity index (χ1v) is 10.3. The molecule has 1 amide bonds. The van der Waals surface area contributed by atoms with E-state index in [1.54, 1.807) is 0 Å². The Bertz CT molecular complexity index is 1130. The summed E-state index contributed by atoms with van der Waals surface area (Å²) in [5.74, 6) is -1.96. The summed E-state index contributed by atoms with van der Waals surface area (Å²) in [6.07, 6.45) is 1.27. The van der Waals surface area contributed by atoms with Crippen LogP contribution in [0.2, 0.25) is 5.02 Å². The summed E-state index contributed by atoms with van der Waals surface area (Å²) in [6, 6.07) is 8.54. The fourth-order valence-corrected chi connectivity index (χ4v) is 4.02. The molecule has 0 bridgehead atoms. The zero-order chi connectivity index (χ0) is 21.9. The average molecular weight is 456 g/mol. The molecule has 0 aromatic heterocycles. The van der Waals surface area contributed by atoms with E-state index in [-0.39, 0.29) is 35.3 Å². The minimum Gasteiger partial charge on any atom is -0.383 e. The largest absolute Gasteiger partial charge is 0.383 e. The molecule has 3 rings (SSSR count). The van der Waals surface area contributed by atoms with Crippen molar-refractivity contribution >= 4 is 39.1 Å². The van der Waals surface area contributed by atoms with Gasteiger partial charge >= 0.3 is 10.2 Å². The van der Waals surface area contributed by atoms with Crippen molar-refractivity contribution in [1.29, 1.82) is 0 Å². The summed E-state index contributed by atoms with van der Waals surface area (Å²) in [5.41, 5.74) is 0.205. The van der Waals surface area contributed by atoms with Crippen LogP contribution in [-0.4, -0.2) is 44.6 Å². The first-order chi connectivity index (χ1) is 14.2. The number of amides is 1. The molecular formula is C19H16ClF2N3O4S. The van der Waals surface area contributed by atoms with Crippen molar-refractivity contribution in [3.8, 4) is 0 Å². The van der Waals surface area contributed by atoms with Crippen molar-refractivity contribution < 1.29 is 26.7 Å². The van der Waals surface area contributed by atoms with E-state index in [0.717, 1.165) is 22.5 Å². The van der Waals surface area contributed by atoms with Crippen LogP contribution in [0.5, 0.6) is 0 Å². The maximum Gasteiger partial charge on any atom is 0.345 e. The second-order valence-electron chi connectivity index (χ2n) is 6.14. The van der Waals surface area contributed by atoms with Gasteiger partial charge < -0.3 is 10.1 Å². The molecule has 0 atom stereocenters. The van der Waals surface area contributed by atoms with Crippen molar-refractivity contribution in [2.75, 3.05) is 25.6 Å². The molecule has 1 heterocycles. The van der Waals surface area contributed by atoms with Gasteiger partial charge in [-0.3, -0.25) is 4.79 Å². The third kappa shape index (κ3) is 4.84. The van der Waals surface area contributed by atoms with Crippen LogP contribution >= 0.6 is 11.6 Å². The molecule has 158 valence electrons. The van der Waals surface area contributed by atoms with Gasteiger partial charge in [0, 0.05) is 18.4 Å². The number of benzene rings is 2. The topological polar surface area (TPSA) is 88.1 Å². The lowest BCUT2D eigenvalue weighted by atomic mass is 10.1. The van der Waals surface area contributed by atoms with Gasteiger partial charge in [0.1, 0.15) is 17.3 Å². The first-order valence-electron chi connectivity index (χ1n) is 8.57. The molecule has 1 aliphatic heterocycles. The van der Waals surface area contributed by atoms with Gasteiger partial charge in [-0.15, -0.1) is 4.40 Å². The molecule has 2 aromatic rings. The molecule has 11 heteroatoms. The Morgan fingerprint density at radius 3 is 2.53 bits per heavy atom. The molecule has 0 unspecified atom stereocenters. The SMILES string of the molecule is COCCN1C(C(=O)Nc2ccc(F)c(Cl)c2)=CC(c2ccc(F)cc2)=NS1(=O)=O. The maximum atomic E-state index is 13.4. The normalized spacial score (nSPS) is 15.4. The minimum atomic E-state index is -4.27. The second kappa shape index (κ2) is 8.90. The zero-order valence-electron chi connectivity index (χ0n) is 15.6. The van der Waals surface area contributed by atoms with Crippen LogP contribution in [0.25, 0.3) is 0 Å². The van der Waals surface area contributed by atoms with Gasteiger partial charge in [0.2, 0.25) is 0 Å². The molecule has 0 saturated heterocycles. The molecule has 7 nitrogen and oxygen atoms in total. The number of rotatable bonds is 6. The Labute approximate surface area is 176 Å². The molecule has 30 heavy (non-hydrogen) atoms. The minimum absolute atomic E-state index is 0.00757. The molecule has 0 radical (unpaired) electrons. The Morgan fingerprint density at radius 1 is 1.20 bits per heavy atom. The van der Waals surface area contributed by atoms with Crippen LogP contribution in [0.3, 0.4) is 0 Å². The molecule has 2 aromatic carbocycles. The highest BCUT2D eigenvalue weighted by Gasteiger charge is 2.33. The van der Waals surface area contributed by atoms with E-state index in [9.17, 15) is 22.0 Å². The van der Waals surface area contributed by atoms with E-state index in [2.05, 4.69) is 9.71 Å². The lowest BCUT2D eigenvalue weighted by Crippen LogP contribution is -2.40. The number of halogens is 3. The van der Waals surface area contributed by atoms with Gasteiger partial charge in [-0.2, -0.15) is 8.42 Å². The lowest BCUT2D eigenvalue weighted by molar-refractivity contribution is -0.113. The fraction of sp³-hybridized carbons (Fsp3) is 0.158. The number of ether oxygens (including phenoxy) is 1. The van der Waals surface area contributed by atoms with Gasteiger partial charge in [-0.1, -0.05) is 11.6 Å². The zero-order valence-corrected chi connectivity index (χ0v) is 17.2. The molecular weight excluding hydrogens is 440 g/mol. The Balaban J connectivity index is 2.00. The van der Waals surface area contributed by atoms with E-state index >= 15 is 0 Å². The quantitative estimate of drug-likeness (QED) is 0.724. The number of hydrogen-bond donors (Lipinski definition) is 1. The molecule has 1 N–H and O–H groups in total. The number of methoxy groups -OCH3 is 1. The van der Waals surface area contributed by atoms with Gasteiger partial charge in [-0.25, -0.2) is 13.1 Å². The highest BCUT2D eigenvalue weighted by Crippen LogP contribution is 2.24. The fourth-order valence-electron chi connectivity index (χ4n) is 2.64. The van der Waals surface area contributed by atoms with Crippen molar-refractivity contribution in [1.82, 2.24) is 4.31 Å². The number of nitrogens with zero attached hydrogens (tertiary/aromatic N) is 2. The third-order valence-electron chi connectivity index (χ3n) is 4.08. The molecule has 0 fully saturated rings. The van der Waals surface area contributed by atoms with E-state index < -0.39 is 27.8 Å². The van der Waals surface area contributed by atoms with E-state index in [0.29, 0.717) is 5.56 Å². The molecule has 0 spiro atoms. The highest BCUT2D eigenvalue weighted by atomic mass is 35.5. The van der Waals surface area contributed by atoms with Gasteiger partial charge in [0.15, 0.2) is 0 Å². The Kier molecular flexibility index (Phi) is 6.49. The standard InChI is InChI=1S/C19H16ClF2N3O4S/c1-29-9-8-25-18(19(26)23-14-6-7-16(22)15(20)10-14)11-17(24-30(25,27)28)12-2-4-13(21)5-3-12/h2-7,10-11H,8-9H2,1H3,(H,23,26). The number of allylic oxidation sites excluding steroid dienone is 1. The molecule has 0 saturated carbocycles. The summed E-state index contributed by atoms with van der Waals surface area (Å²) in [4.78, 5) is 12.9. The van der Waals surface area contributed by atoms with Gasteiger partial charge in [0.05, 0.1) is 23.9 Å². The Hall–Kier alpha value is -2.82. The number of hydrogen-bond acceptors (Lipinski definition) is 4. The lowest BCUT2D eigenvalue weighted by Gasteiger charge is -2.27. The van der Waals surface area contributed by atoms with Crippen molar-refractivity contribution in [3.05, 3.63) is 76.5 Å². The monoisotopic (exact) mass is 455 g/mol.